The normalized spacial score (nSPS) is 22.4. The van der Waals surface area contributed by atoms with Crippen LogP contribution in [-0.2, 0) is 23.8 Å². The van der Waals surface area contributed by atoms with Crippen molar-refractivity contribution >= 4 is 46.7 Å². The topological polar surface area (TPSA) is 78.9 Å². The summed E-state index contributed by atoms with van der Waals surface area (Å²) in [6, 6.07) is 28.3. The SMILES string of the molecule is COC(=O)C1(C(=O)OC)C[C@@H]2[C@H](c3ccccc3)C(C(=O)c3ccccc3)=C(c3ccccc3)O[C@]2(C)C1.ClCCl. The molecule has 3 atom stereocenters. The van der Waals surface area contributed by atoms with Crippen molar-refractivity contribution in [1.29, 1.82) is 0 Å². The van der Waals surface area contributed by atoms with Crippen molar-refractivity contribution in [2.45, 2.75) is 31.3 Å². The van der Waals surface area contributed by atoms with E-state index in [-0.39, 0.29) is 24.0 Å². The highest BCUT2D eigenvalue weighted by Gasteiger charge is 2.67. The van der Waals surface area contributed by atoms with Crippen LogP contribution in [0.5, 0.6) is 0 Å². The number of carbonyl (C=O) groups excluding carboxylic acids is 3. The van der Waals surface area contributed by atoms with Crippen LogP contribution in [0.15, 0.2) is 96.6 Å². The Labute approximate surface area is 250 Å². The highest BCUT2D eigenvalue weighted by atomic mass is 35.5. The number of hydrogen-bond acceptors (Lipinski definition) is 6. The molecule has 0 amide bonds. The standard InChI is InChI=1S/C32H30O6.CH2Cl2/c1-31-20-32(29(34)36-2,30(35)37-3)19-24(31)25(21-13-7-4-8-14-21)26(27(33)22-15-9-5-10-16-22)28(38-31)23-17-11-6-12-18-23;2-1-3/h4-18,24-25H,19-20H2,1-3H3;1H2/t24-,25+,31-;/m1./s1. The Bertz CT molecular complexity index is 1390. The predicted octanol–water partition coefficient (Wildman–Crippen LogP) is 7.02. The van der Waals surface area contributed by atoms with Crippen molar-refractivity contribution in [3.8, 4) is 0 Å². The molecule has 3 aromatic carbocycles. The number of Topliss-reactive ketones (excluding diaryl/α,β-unsaturated/α-hetero) is 1. The second-order valence-electron chi connectivity index (χ2n) is 10.3. The van der Waals surface area contributed by atoms with E-state index in [1.54, 1.807) is 12.1 Å². The minimum atomic E-state index is -1.55. The van der Waals surface area contributed by atoms with E-state index in [0.717, 1.165) is 11.1 Å². The van der Waals surface area contributed by atoms with Crippen molar-refractivity contribution < 1.29 is 28.6 Å². The lowest BCUT2D eigenvalue weighted by Crippen LogP contribution is -2.43. The number of allylic oxidation sites excluding steroid dienone is 1. The quantitative estimate of drug-likeness (QED) is 0.132. The van der Waals surface area contributed by atoms with E-state index in [9.17, 15) is 14.4 Å². The summed E-state index contributed by atoms with van der Waals surface area (Å²) in [5, 5.41) is 0.194. The highest BCUT2D eigenvalue weighted by Crippen LogP contribution is 2.61. The summed E-state index contributed by atoms with van der Waals surface area (Å²) in [5.41, 5.74) is 0.180. The number of halogens is 2. The zero-order valence-electron chi connectivity index (χ0n) is 23.1. The van der Waals surface area contributed by atoms with Crippen LogP contribution in [0.1, 0.15) is 47.2 Å². The van der Waals surface area contributed by atoms with Crippen molar-refractivity contribution in [2.24, 2.45) is 11.3 Å². The number of alkyl halides is 2. The molecule has 0 aromatic heterocycles. The third kappa shape index (κ3) is 5.77. The lowest BCUT2D eigenvalue weighted by atomic mass is 9.69. The monoisotopic (exact) mass is 594 g/mol. The first-order valence-electron chi connectivity index (χ1n) is 13.2. The van der Waals surface area contributed by atoms with Gasteiger partial charge in [0.15, 0.2) is 11.2 Å². The Morgan fingerprint density at radius 2 is 1.32 bits per heavy atom. The second-order valence-corrected chi connectivity index (χ2v) is 11.1. The van der Waals surface area contributed by atoms with Gasteiger partial charge in [-0.2, -0.15) is 0 Å². The molecular weight excluding hydrogens is 563 g/mol. The van der Waals surface area contributed by atoms with E-state index in [1.165, 1.54) is 14.2 Å². The Kier molecular flexibility index (Phi) is 9.57. The fraction of sp³-hybridized carbons (Fsp3) is 0.303. The average molecular weight is 596 g/mol. The van der Waals surface area contributed by atoms with E-state index in [2.05, 4.69) is 0 Å². The first-order chi connectivity index (χ1) is 19.8. The van der Waals surface area contributed by atoms with Gasteiger partial charge in [0.2, 0.25) is 0 Å². The summed E-state index contributed by atoms with van der Waals surface area (Å²) in [6.07, 6.45) is 0.187. The molecule has 5 rings (SSSR count). The number of ether oxygens (including phenoxy) is 3. The zero-order valence-corrected chi connectivity index (χ0v) is 24.7. The highest BCUT2D eigenvalue weighted by molar-refractivity contribution is 6.40. The van der Waals surface area contributed by atoms with Crippen molar-refractivity contribution in [1.82, 2.24) is 0 Å². The molecular formula is C33H32Cl2O6. The fourth-order valence-corrected chi connectivity index (χ4v) is 6.24. The maximum Gasteiger partial charge on any atom is 0.323 e. The molecule has 1 saturated carbocycles. The molecule has 0 radical (unpaired) electrons. The van der Waals surface area contributed by atoms with Crippen LogP contribution in [0.3, 0.4) is 0 Å². The van der Waals surface area contributed by atoms with Gasteiger partial charge in [-0.25, -0.2) is 0 Å². The van der Waals surface area contributed by atoms with Crippen molar-refractivity contribution in [3.05, 3.63) is 113 Å². The number of hydrogen-bond donors (Lipinski definition) is 0. The Morgan fingerprint density at radius 3 is 1.83 bits per heavy atom. The zero-order chi connectivity index (χ0) is 29.6. The van der Waals surface area contributed by atoms with Gasteiger partial charge in [-0.1, -0.05) is 91.0 Å². The van der Waals surface area contributed by atoms with Crippen LogP contribution in [-0.4, -0.2) is 42.9 Å². The Balaban J connectivity index is 0.00000124. The molecule has 0 saturated heterocycles. The van der Waals surface area contributed by atoms with Crippen molar-refractivity contribution in [2.75, 3.05) is 19.6 Å². The molecule has 1 aliphatic carbocycles. The van der Waals surface area contributed by atoms with Crippen LogP contribution in [0.25, 0.3) is 5.76 Å². The largest absolute Gasteiger partial charge is 0.486 e. The van der Waals surface area contributed by atoms with Crippen LogP contribution in [0.2, 0.25) is 0 Å². The number of rotatable bonds is 6. The summed E-state index contributed by atoms with van der Waals surface area (Å²) in [5.74, 6) is -1.86. The summed E-state index contributed by atoms with van der Waals surface area (Å²) in [7, 11) is 2.54. The molecule has 0 N–H and O–H groups in total. The molecule has 41 heavy (non-hydrogen) atoms. The summed E-state index contributed by atoms with van der Waals surface area (Å²) >= 11 is 9.53. The minimum absolute atomic E-state index is 0.0660. The molecule has 1 heterocycles. The number of benzene rings is 3. The lowest BCUT2D eigenvalue weighted by molar-refractivity contribution is -0.169. The van der Waals surface area contributed by atoms with Gasteiger partial charge in [-0.05, 0) is 18.9 Å². The Morgan fingerprint density at radius 1 is 0.829 bits per heavy atom. The minimum Gasteiger partial charge on any atom is -0.486 e. The Hall–Kier alpha value is -3.61. The van der Waals surface area contributed by atoms with E-state index in [0.29, 0.717) is 16.9 Å². The van der Waals surface area contributed by atoms with Crippen molar-refractivity contribution in [3.63, 3.8) is 0 Å². The van der Waals surface area contributed by atoms with E-state index in [4.69, 9.17) is 37.4 Å². The van der Waals surface area contributed by atoms with E-state index in [1.807, 2.05) is 85.8 Å². The molecule has 0 unspecified atom stereocenters. The average Bonchev–Trinajstić information content (AvgIpc) is 3.34. The van der Waals surface area contributed by atoms with Gasteiger partial charge < -0.3 is 14.2 Å². The second kappa shape index (κ2) is 12.9. The smallest absolute Gasteiger partial charge is 0.323 e. The van der Waals surface area contributed by atoms with Crippen LogP contribution in [0.4, 0.5) is 0 Å². The molecule has 0 spiro atoms. The molecule has 3 aromatic rings. The third-order valence-electron chi connectivity index (χ3n) is 7.93. The van der Waals surface area contributed by atoms with Crippen LogP contribution < -0.4 is 0 Å². The fourth-order valence-electron chi connectivity index (χ4n) is 6.24. The van der Waals surface area contributed by atoms with Gasteiger partial charge in [0.1, 0.15) is 11.4 Å². The van der Waals surface area contributed by atoms with Gasteiger partial charge in [-0.3, -0.25) is 14.4 Å². The van der Waals surface area contributed by atoms with Crippen LogP contribution >= 0.6 is 23.2 Å². The molecule has 0 bridgehead atoms. The van der Waals surface area contributed by atoms with Crippen LogP contribution in [0, 0.1) is 11.3 Å². The lowest BCUT2D eigenvalue weighted by Gasteiger charge is -2.44. The molecule has 8 heteroatoms. The maximum absolute atomic E-state index is 14.3. The number of ketones is 1. The van der Waals surface area contributed by atoms with Gasteiger partial charge >= 0.3 is 11.9 Å². The first-order valence-corrected chi connectivity index (χ1v) is 14.2. The van der Waals surface area contributed by atoms with Gasteiger partial charge in [0.05, 0.1) is 25.1 Å². The predicted molar refractivity (Wildman–Crippen MR) is 159 cm³/mol. The van der Waals surface area contributed by atoms with Gasteiger partial charge in [-0.15, -0.1) is 23.2 Å². The number of methoxy groups -OCH3 is 2. The van der Waals surface area contributed by atoms with Gasteiger partial charge in [0.25, 0.3) is 0 Å². The number of carbonyl (C=O) groups is 3. The maximum atomic E-state index is 14.3. The third-order valence-corrected chi connectivity index (χ3v) is 7.93. The molecule has 6 nitrogen and oxygen atoms in total. The molecule has 214 valence electrons. The molecule has 2 aliphatic rings. The first kappa shape index (κ1) is 30.4. The van der Waals surface area contributed by atoms with E-state index < -0.39 is 34.8 Å². The number of esters is 2. The molecule has 1 aliphatic heterocycles. The van der Waals surface area contributed by atoms with E-state index >= 15 is 0 Å². The summed E-state index contributed by atoms with van der Waals surface area (Å²) in [4.78, 5) is 40.7. The summed E-state index contributed by atoms with van der Waals surface area (Å²) in [6.45, 7) is 1.91. The molecule has 1 fully saturated rings. The summed E-state index contributed by atoms with van der Waals surface area (Å²) < 4.78 is 17.0. The number of fused-ring (bicyclic) bond motifs is 1. The van der Waals surface area contributed by atoms with Gasteiger partial charge in [0, 0.05) is 29.4 Å².